The smallest absolute Gasteiger partial charge is 0.232 e. The van der Waals surface area contributed by atoms with E-state index in [4.69, 9.17) is 21.1 Å². The Kier molecular flexibility index (Phi) is 7.27. The van der Waals surface area contributed by atoms with Gasteiger partial charge in [-0.25, -0.2) is 0 Å². The molecule has 1 heterocycles. The standard InChI is InChI=1S/C29H33ClN2O3/c1-7-19(3)35-27-17-24-21(15-26(27)34-6)16-28(33)32(23-11-9-22(10-12-23)31(4)5)29(24)20-8-13-25(30)18(2)14-20/h8-15,17,19,29H,7,16H2,1-6H3. The number of rotatable bonds is 7. The molecule has 5 nitrogen and oxygen atoms in total. The Hall–Kier alpha value is -3.18. The average molecular weight is 493 g/mol. The van der Waals surface area contributed by atoms with Crippen LogP contribution in [0.2, 0.25) is 5.02 Å². The topological polar surface area (TPSA) is 42.0 Å². The van der Waals surface area contributed by atoms with Gasteiger partial charge in [0.25, 0.3) is 0 Å². The molecule has 184 valence electrons. The van der Waals surface area contributed by atoms with Crippen molar-refractivity contribution in [3.8, 4) is 11.5 Å². The second-order valence-corrected chi connectivity index (χ2v) is 9.71. The molecule has 1 aliphatic heterocycles. The van der Waals surface area contributed by atoms with Crippen molar-refractivity contribution in [1.82, 2.24) is 0 Å². The maximum Gasteiger partial charge on any atom is 0.232 e. The highest BCUT2D eigenvalue weighted by Crippen LogP contribution is 2.44. The molecule has 2 unspecified atom stereocenters. The van der Waals surface area contributed by atoms with E-state index in [2.05, 4.69) is 13.0 Å². The van der Waals surface area contributed by atoms with Gasteiger partial charge < -0.3 is 19.3 Å². The summed E-state index contributed by atoms with van der Waals surface area (Å²) < 4.78 is 11.9. The van der Waals surface area contributed by atoms with Crippen molar-refractivity contribution in [3.63, 3.8) is 0 Å². The summed E-state index contributed by atoms with van der Waals surface area (Å²) in [6.45, 7) is 6.12. The third kappa shape index (κ3) is 4.96. The van der Waals surface area contributed by atoms with Crippen molar-refractivity contribution in [1.29, 1.82) is 0 Å². The normalized spacial score (nSPS) is 16.0. The zero-order chi connectivity index (χ0) is 25.3. The van der Waals surface area contributed by atoms with E-state index >= 15 is 0 Å². The number of hydrogen-bond acceptors (Lipinski definition) is 4. The van der Waals surface area contributed by atoms with Gasteiger partial charge in [0, 0.05) is 30.5 Å². The van der Waals surface area contributed by atoms with E-state index in [0.717, 1.165) is 40.0 Å². The number of aryl methyl sites for hydroxylation is 1. The molecule has 35 heavy (non-hydrogen) atoms. The lowest BCUT2D eigenvalue weighted by Crippen LogP contribution is -2.41. The van der Waals surface area contributed by atoms with Crippen LogP contribution in [0.1, 0.15) is 48.6 Å². The lowest BCUT2D eigenvalue weighted by molar-refractivity contribution is -0.118. The molecule has 2 atom stereocenters. The number of benzene rings is 3. The van der Waals surface area contributed by atoms with Crippen LogP contribution in [0, 0.1) is 6.92 Å². The molecule has 0 bridgehead atoms. The highest BCUT2D eigenvalue weighted by molar-refractivity contribution is 6.31. The van der Waals surface area contributed by atoms with Crippen LogP contribution in [-0.2, 0) is 11.2 Å². The maximum atomic E-state index is 13.6. The third-order valence-corrected chi connectivity index (χ3v) is 7.06. The van der Waals surface area contributed by atoms with Crippen LogP contribution < -0.4 is 19.3 Å². The molecule has 0 saturated carbocycles. The highest BCUT2D eigenvalue weighted by atomic mass is 35.5. The third-order valence-electron chi connectivity index (χ3n) is 6.63. The summed E-state index contributed by atoms with van der Waals surface area (Å²) in [6.07, 6.45) is 1.20. The van der Waals surface area contributed by atoms with E-state index in [1.165, 1.54) is 0 Å². The van der Waals surface area contributed by atoms with Crippen molar-refractivity contribution < 1.29 is 14.3 Å². The highest BCUT2D eigenvalue weighted by Gasteiger charge is 2.36. The van der Waals surface area contributed by atoms with E-state index in [1.807, 2.05) is 86.3 Å². The van der Waals surface area contributed by atoms with Gasteiger partial charge in [-0.1, -0.05) is 30.7 Å². The van der Waals surface area contributed by atoms with Gasteiger partial charge in [-0.3, -0.25) is 4.79 Å². The number of ether oxygens (including phenoxy) is 2. The molecule has 0 spiro atoms. The molecule has 1 amide bonds. The number of hydrogen-bond donors (Lipinski definition) is 0. The number of anilines is 2. The van der Waals surface area contributed by atoms with Gasteiger partial charge in [0.1, 0.15) is 0 Å². The molecular formula is C29H33ClN2O3. The number of carbonyl (C=O) groups excluding carboxylic acids is 1. The Morgan fingerprint density at radius 1 is 1.09 bits per heavy atom. The average Bonchev–Trinajstić information content (AvgIpc) is 2.84. The van der Waals surface area contributed by atoms with Crippen LogP contribution in [0.4, 0.5) is 11.4 Å². The van der Waals surface area contributed by atoms with Gasteiger partial charge in [-0.15, -0.1) is 0 Å². The lowest BCUT2D eigenvalue weighted by Gasteiger charge is -2.38. The van der Waals surface area contributed by atoms with Gasteiger partial charge >= 0.3 is 0 Å². The number of carbonyl (C=O) groups is 1. The summed E-state index contributed by atoms with van der Waals surface area (Å²) in [5, 5.41) is 0.702. The van der Waals surface area contributed by atoms with Crippen LogP contribution in [0.5, 0.6) is 11.5 Å². The summed E-state index contributed by atoms with van der Waals surface area (Å²) in [7, 11) is 5.64. The van der Waals surface area contributed by atoms with Gasteiger partial charge in [0.2, 0.25) is 5.91 Å². The Morgan fingerprint density at radius 2 is 1.80 bits per heavy atom. The molecule has 0 N–H and O–H groups in total. The molecule has 6 heteroatoms. The minimum atomic E-state index is -0.322. The molecule has 4 rings (SSSR count). The number of nitrogens with zero attached hydrogens (tertiary/aromatic N) is 2. The minimum Gasteiger partial charge on any atom is -0.493 e. The second-order valence-electron chi connectivity index (χ2n) is 9.30. The number of methoxy groups -OCH3 is 1. The van der Waals surface area contributed by atoms with Crippen molar-refractivity contribution in [2.45, 2.75) is 45.8 Å². The first-order valence-electron chi connectivity index (χ1n) is 12.0. The predicted molar refractivity (Wildman–Crippen MR) is 143 cm³/mol. The Morgan fingerprint density at radius 3 is 2.40 bits per heavy atom. The second kappa shape index (κ2) is 10.2. The molecule has 0 aromatic heterocycles. The van der Waals surface area contributed by atoms with Crippen LogP contribution in [0.25, 0.3) is 0 Å². The first-order chi connectivity index (χ1) is 16.7. The Labute approximate surface area is 213 Å². The molecule has 1 aliphatic rings. The molecule has 0 radical (unpaired) electrons. The van der Waals surface area contributed by atoms with Crippen molar-refractivity contribution >= 4 is 28.9 Å². The van der Waals surface area contributed by atoms with Crippen LogP contribution in [0.15, 0.2) is 54.6 Å². The number of fused-ring (bicyclic) bond motifs is 1. The number of amides is 1. The fourth-order valence-corrected chi connectivity index (χ4v) is 4.60. The molecule has 3 aromatic carbocycles. The fraction of sp³-hybridized carbons (Fsp3) is 0.345. The number of halogens is 1. The molecule has 0 saturated heterocycles. The van der Waals surface area contributed by atoms with Crippen molar-refractivity contribution in [3.05, 3.63) is 81.9 Å². The van der Waals surface area contributed by atoms with E-state index in [-0.39, 0.29) is 24.5 Å². The van der Waals surface area contributed by atoms with Gasteiger partial charge in [-0.2, -0.15) is 0 Å². The lowest BCUT2D eigenvalue weighted by atomic mass is 9.86. The molecule has 0 fully saturated rings. The summed E-state index contributed by atoms with van der Waals surface area (Å²) in [6, 6.07) is 17.7. The van der Waals surface area contributed by atoms with E-state index in [0.29, 0.717) is 16.5 Å². The van der Waals surface area contributed by atoms with Gasteiger partial charge in [0.15, 0.2) is 11.5 Å². The quantitative estimate of drug-likeness (QED) is 0.373. The zero-order valence-electron chi connectivity index (χ0n) is 21.3. The summed E-state index contributed by atoms with van der Waals surface area (Å²) in [5.74, 6) is 1.37. The largest absolute Gasteiger partial charge is 0.493 e. The Bertz CT molecular complexity index is 1220. The van der Waals surface area contributed by atoms with Gasteiger partial charge in [-0.05, 0) is 85.0 Å². The SMILES string of the molecule is CCC(C)Oc1cc2c(cc1OC)CC(=O)N(c1ccc(N(C)C)cc1)C2c1ccc(Cl)c(C)c1. The van der Waals surface area contributed by atoms with Crippen molar-refractivity contribution in [2.24, 2.45) is 0 Å². The van der Waals surface area contributed by atoms with E-state index in [9.17, 15) is 4.79 Å². The molecule has 3 aromatic rings. The maximum absolute atomic E-state index is 13.6. The van der Waals surface area contributed by atoms with Gasteiger partial charge in [0.05, 0.1) is 25.7 Å². The first kappa shape index (κ1) is 24.9. The van der Waals surface area contributed by atoms with Crippen molar-refractivity contribution in [2.75, 3.05) is 31.0 Å². The zero-order valence-corrected chi connectivity index (χ0v) is 22.0. The van der Waals surface area contributed by atoms with Crippen LogP contribution >= 0.6 is 11.6 Å². The minimum absolute atomic E-state index is 0.0327. The Balaban J connectivity index is 1.91. The molecule has 0 aliphatic carbocycles. The molecular weight excluding hydrogens is 460 g/mol. The monoisotopic (exact) mass is 492 g/mol. The summed E-state index contributed by atoms with van der Waals surface area (Å²) >= 11 is 6.37. The van der Waals surface area contributed by atoms with Crippen LogP contribution in [0.3, 0.4) is 0 Å². The van der Waals surface area contributed by atoms with E-state index in [1.54, 1.807) is 7.11 Å². The summed E-state index contributed by atoms with van der Waals surface area (Å²) in [5.41, 5.74) is 5.87. The fourth-order valence-electron chi connectivity index (χ4n) is 4.48. The predicted octanol–water partition coefficient (Wildman–Crippen LogP) is 6.58. The van der Waals surface area contributed by atoms with Crippen LogP contribution in [-0.4, -0.2) is 33.2 Å². The first-order valence-corrected chi connectivity index (χ1v) is 12.3. The van der Waals surface area contributed by atoms with E-state index < -0.39 is 0 Å². The summed E-state index contributed by atoms with van der Waals surface area (Å²) in [4.78, 5) is 17.6.